The van der Waals surface area contributed by atoms with E-state index in [0.717, 1.165) is 12.2 Å². The van der Waals surface area contributed by atoms with Crippen molar-refractivity contribution < 1.29 is 4.42 Å². The van der Waals surface area contributed by atoms with Crippen molar-refractivity contribution in [2.75, 3.05) is 6.54 Å². The number of hydrogen-bond acceptors (Lipinski definition) is 2. The van der Waals surface area contributed by atoms with Gasteiger partial charge in [0.05, 0.1) is 6.26 Å². The molecule has 0 bridgehead atoms. The summed E-state index contributed by atoms with van der Waals surface area (Å²) in [7, 11) is 0. The van der Waals surface area contributed by atoms with Crippen molar-refractivity contribution in [1.29, 1.82) is 0 Å². The average Bonchev–Trinajstić information content (AvgIpc) is 2.81. The first kappa shape index (κ1) is 11.9. The van der Waals surface area contributed by atoms with Gasteiger partial charge in [-0.25, -0.2) is 0 Å². The minimum atomic E-state index is -0.0656. The van der Waals surface area contributed by atoms with Crippen molar-refractivity contribution >= 4 is 0 Å². The summed E-state index contributed by atoms with van der Waals surface area (Å²) in [6, 6.07) is 12.5. The van der Waals surface area contributed by atoms with Crippen molar-refractivity contribution in [2.24, 2.45) is 5.73 Å². The molecule has 2 heteroatoms. The normalized spacial score (nSPS) is 14.5. The Labute approximate surface area is 102 Å². The van der Waals surface area contributed by atoms with E-state index in [1.165, 1.54) is 11.1 Å². The van der Waals surface area contributed by atoms with Crippen LogP contribution >= 0.6 is 0 Å². The van der Waals surface area contributed by atoms with E-state index in [1.807, 2.05) is 12.1 Å². The number of furan rings is 1. The van der Waals surface area contributed by atoms with Gasteiger partial charge in [0.15, 0.2) is 0 Å². The number of rotatable bonds is 4. The molecule has 0 saturated carbocycles. The second kappa shape index (κ2) is 4.76. The summed E-state index contributed by atoms with van der Waals surface area (Å²) < 4.78 is 5.43. The molecule has 1 aromatic heterocycles. The lowest BCUT2D eigenvalue weighted by atomic mass is 9.78. The Bertz CT molecular complexity index is 475. The summed E-state index contributed by atoms with van der Waals surface area (Å²) in [6.07, 6.45) is 2.54. The average molecular weight is 229 g/mol. The topological polar surface area (TPSA) is 39.2 Å². The maximum absolute atomic E-state index is 5.96. The predicted molar refractivity (Wildman–Crippen MR) is 70.0 cm³/mol. The highest BCUT2D eigenvalue weighted by molar-refractivity contribution is 5.30. The van der Waals surface area contributed by atoms with Crippen LogP contribution < -0.4 is 5.73 Å². The van der Waals surface area contributed by atoms with Gasteiger partial charge in [0.2, 0.25) is 0 Å². The lowest BCUT2D eigenvalue weighted by Gasteiger charge is -2.28. The summed E-state index contributed by atoms with van der Waals surface area (Å²) in [5.41, 5.74) is 8.44. The fourth-order valence-corrected chi connectivity index (χ4v) is 2.11. The van der Waals surface area contributed by atoms with Crippen molar-refractivity contribution in [3.63, 3.8) is 0 Å². The zero-order valence-electron chi connectivity index (χ0n) is 10.4. The van der Waals surface area contributed by atoms with Crippen LogP contribution in [0.25, 0.3) is 0 Å². The molecule has 1 aromatic carbocycles. The van der Waals surface area contributed by atoms with E-state index in [9.17, 15) is 0 Å². The van der Waals surface area contributed by atoms with E-state index < -0.39 is 0 Å². The molecule has 90 valence electrons. The van der Waals surface area contributed by atoms with E-state index in [2.05, 4.69) is 38.1 Å². The summed E-state index contributed by atoms with van der Waals surface area (Å²) in [5.74, 6) is 0.986. The van der Waals surface area contributed by atoms with Crippen molar-refractivity contribution in [3.05, 3.63) is 59.5 Å². The van der Waals surface area contributed by atoms with E-state index in [-0.39, 0.29) is 5.41 Å². The van der Waals surface area contributed by atoms with Crippen LogP contribution in [0.15, 0.2) is 47.1 Å². The molecular formula is C15H19NO. The Hall–Kier alpha value is -1.54. The molecule has 2 nitrogen and oxygen atoms in total. The number of hydrogen-bond donors (Lipinski definition) is 1. The van der Waals surface area contributed by atoms with Gasteiger partial charge in [-0.1, -0.05) is 36.8 Å². The molecule has 0 amide bonds. The van der Waals surface area contributed by atoms with Crippen molar-refractivity contribution in [1.82, 2.24) is 0 Å². The summed E-state index contributed by atoms with van der Waals surface area (Å²) in [5, 5.41) is 0. The Morgan fingerprint density at radius 3 is 2.65 bits per heavy atom. The first-order valence-corrected chi connectivity index (χ1v) is 5.94. The molecule has 0 aliphatic carbocycles. The molecule has 0 spiro atoms. The first-order chi connectivity index (χ1) is 8.14. The predicted octanol–water partition coefficient (Wildman–Crippen LogP) is 3.05. The van der Waals surface area contributed by atoms with Crippen LogP contribution in [-0.4, -0.2) is 6.54 Å². The fourth-order valence-electron chi connectivity index (χ4n) is 2.11. The highest BCUT2D eigenvalue weighted by Crippen LogP contribution is 2.28. The van der Waals surface area contributed by atoms with Crippen LogP contribution in [0.1, 0.15) is 23.8 Å². The smallest absolute Gasteiger partial charge is 0.104 e. The molecule has 0 radical (unpaired) electrons. The van der Waals surface area contributed by atoms with Gasteiger partial charge in [-0.3, -0.25) is 0 Å². The summed E-state index contributed by atoms with van der Waals surface area (Å²) >= 11 is 0. The highest BCUT2D eigenvalue weighted by Gasteiger charge is 2.26. The minimum absolute atomic E-state index is 0.0656. The van der Waals surface area contributed by atoms with E-state index in [1.54, 1.807) is 6.26 Å². The van der Waals surface area contributed by atoms with Crippen LogP contribution in [-0.2, 0) is 11.8 Å². The van der Waals surface area contributed by atoms with Crippen molar-refractivity contribution in [2.45, 2.75) is 25.7 Å². The third-order valence-corrected chi connectivity index (χ3v) is 3.31. The molecule has 2 N–H and O–H groups in total. The van der Waals surface area contributed by atoms with Crippen molar-refractivity contribution in [3.8, 4) is 0 Å². The number of benzene rings is 1. The molecule has 0 fully saturated rings. The van der Waals surface area contributed by atoms with Gasteiger partial charge in [0.1, 0.15) is 5.76 Å². The molecule has 1 atom stereocenters. The molecule has 0 aliphatic rings. The zero-order valence-corrected chi connectivity index (χ0v) is 10.4. The third kappa shape index (κ3) is 2.59. The molecule has 1 heterocycles. The van der Waals surface area contributed by atoms with Crippen LogP contribution in [0.4, 0.5) is 0 Å². The molecule has 0 aliphatic heterocycles. The van der Waals surface area contributed by atoms with Gasteiger partial charge in [-0.2, -0.15) is 0 Å². The molecule has 2 rings (SSSR count). The summed E-state index contributed by atoms with van der Waals surface area (Å²) in [4.78, 5) is 0. The van der Waals surface area contributed by atoms with Gasteiger partial charge in [0.25, 0.3) is 0 Å². The Morgan fingerprint density at radius 1 is 1.24 bits per heavy atom. The van der Waals surface area contributed by atoms with Gasteiger partial charge >= 0.3 is 0 Å². The van der Waals surface area contributed by atoms with Gasteiger partial charge in [0, 0.05) is 18.4 Å². The SMILES string of the molecule is Cc1cccc(C(C)(CN)Cc2ccco2)c1. The van der Waals surface area contributed by atoms with E-state index >= 15 is 0 Å². The fraction of sp³-hybridized carbons (Fsp3) is 0.333. The Balaban J connectivity index is 2.30. The van der Waals surface area contributed by atoms with Crippen LogP contribution in [0.3, 0.4) is 0 Å². The lowest BCUT2D eigenvalue weighted by molar-refractivity contribution is 0.412. The maximum Gasteiger partial charge on any atom is 0.104 e. The minimum Gasteiger partial charge on any atom is -0.469 e. The van der Waals surface area contributed by atoms with E-state index in [4.69, 9.17) is 10.2 Å². The quantitative estimate of drug-likeness (QED) is 0.875. The summed E-state index contributed by atoms with van der Waals surface area (Å²) in [6.45, 7) is 4.90. The highest BCUT2D eigenvalue weighted by atomic mass is 16.3. The molecule has 1 unspecified atom stereocenters. The van der Waals surface area contributed by atoms with Crippen LogP contribution in [0, 0.1) is 6.92 Å². The second-order valence-electron chi connectivity index (χ2n) is 4.89. The van der Waals surface area contributed by atoms with E-state index in [0.29, 0.717) is 6.54 Å². The molecular weight excluding hydrogens is 210 g/mol. The molecule has 2 aromatic rings. The van der Waals surface area contributed by atoms with Gasteiger partial charge in [-0.15, -0.1) is 0 Å². The maximum atomic E-state index is 5.96. The molecule has 17 heavy (non-hydrogen) atoms. The second-order valence-corrected chi connectivity index (χ2v) is 4.89. The zero-order chi connectivity index (χ0) is 12.3. The largest absolute Gasteiger partial charge is 0.469 e. The Morgan fingerprint density at radius 2 is 2.06 bits per heavy atom. The molecule has 0 saturated heterocycles. The monoisotopic (exact) mass is 229 g/mol. The third-order valence-electron chi connectivity index (χ3n) is 3.31. The number of nitrogens with two attached hydrogens (primary N) is 1. The van der Waals surface area contributed by atoms with Crippen LogP contribution in [0.5, 0.6) is 0 Å². The number of aryl methyl sites for hydroxylation is 1. The first-order valence-electron chi connectivity index (χ1n) is 5.94. The van der Waals surface area contributed by atoms with Gasteiger partial charge in [-0.05, 0) is 24.6 Å². The van der Waals surface area contributed by atoms with Crippen LogP contribution in [0.2, 0.25) is 0 Å². The lowest BCUT2D eigenvalue weighted by Crippen LogP contribution is -2.34. The van der Waals surface area contributed by atoms with Gasteiger partial charge < -0.3 is 10.2 Å². The Kier molecular flexibility index (Phi) is 3.34. The standard InChI is InChI=1S/C15H19NO/c1-12-5-3-6-13(9-12)15(2,11-16)10-14-7-4-8-17-14/h3-9H,10-11,16H2,1-2H3.